The van der Waals surface area contributed by atoms with Gasteiger partial charge < -0.3 is 20.0 Å². The molecule has 208 valence electrons. The molecule has 2 aliphatic heterocycles. The number of aliphatic hydroxyl groups is 1. The molecule has 0 aliphatic carbocycles. The average molecular weight is 551 g/mol. The zero-order valence-electron chi connectivity index (χ0n) is 23.5. The highest BCUT2D eigenvalue weighted by Crippen LogP contribution is 2.40. The Morgan fingerprint density at radius 2 is 2.00 bits per heavy atom. The van der Waals surface area contributed by atoms with Crippen LogP contribution < -0.4 is 5.43 Å². The zero-order valence-corrected chi connectivity index (χ0v) is 24.3. The molecule has 0 spiro atoms. The quantitative estimate of drug-likeness (QED) is 0.422. The summed E-state index contributed by atoms with van der Waals surface area (Å²) in [6, 6.07) is 10.0. The molecule has 3 aromatic rings. The van der Waals surface area contributed by atoms with Crippen LogP contribution in [0.4, 0.5) is 0 Å². The second-order valence-corrected chi connectivity index (χ2v) is 11.7. The van der Waals surface area contributed by atoms with Crippen LogP contribution in [0.5, 0.6) is 0 Å². The monoisotopic (exact) mass is 550 g/mol. The lowest BCUT2D eigenvalue weighted by molar-refractivity contribution is -0.134. The standard InChI is InChI=1S/C29H38N6O3S/c1-7-29(21-11-9-20(10-12-21)26-19(6)30-16-39-26)31-27(32-35(29)8-2)23-14-22(36)15-34(23)28(37)25(17(3)4)24-13-18(5)33-38-24/h9-13,16-17,22-23,25,36H,7-8,14-15H2,1-6H3,(H,31,32)/t22-,23-,25?,29-/m1/s1. The number of rotatable bonds is 8. The highest BCUT2D eigenvalue weighted by Gasteiger charge is 2.48. The molecule has 1 amide bonds. The third kappa shape index (κ3) is 4.90. The molecule has 2 aromatic heterocycles. The number of nitrogens with zero attached hydrogens (tertiary/aromatic N) is 5. The summed E-state index contributed by atoms with van der Waals surface area (Å²) >= 11 is 1.64. The van der Waals surface area contributed by atoms with Crippen LogP contribution in [0.15, 0.2) is 45.4 Å². The molecule has 1 aromatic carbocycles. The lowest BCUT2D eigenvalue weighted by atomic mass is 9.91. The van der Waals surface area contributed by atoms with Gasteiger partial charge in [0, 0.05) is 25.6 Å². The van der Waals surface area contributed by atoms with Gasteiger partial charge in [-0.05, 0) is 37.3 Å². The molecule has 1 saturated heterocycles. The van der Waals surface area contributed by atoms with Crippen LogP contribution in [0, 0.1) is 19.8 Å². The number of carbonyl (C=O) groups excluding carboxylic acids is 1. The first-order valence-electron chi connectivity index (χ1n) is 13.7. The molecular formula is C29H38N6O3S. The predicted octanol–water partition coefficient (Wildman–Crippen LogP) is 4.62. The fraction of sp³-hybridized carbons (Fsp3) is 0.517. The largest absolute Gasteiger partial charge is 0.391 e. The third-order valence-electron chi connectivity index (χ3n) is 7.93. The van der Waals surface area contributed by atoms with E-state index in [1.807, 2.05) is 39.3 Å². The number of likely N-dealkylation sites (tertiary alicyclic amines) is 1. The Bertz CT molecular complexity index is 1350. The van der Waals surface area contributed by atoms with Crippen molar-refractivity contribution in [2.24, 2.45) is 10.9 Å². The molecule has 2 aliphatic rings. The molecule has 5 rings (SSSR count). The number of aromatic nitrogens is 2. The van der Waals surface area contributed by atoms with Gasteiger partial charge >= 0.3 is 0 Å². The second-order valence-electron chi connectivity index (χ2n) is 10.9. The molecule has 39 heavy (non-hydrogen) atoms. The first-order valence-corrected chi connectivity index (χ1v) is 14.6. The molecule has 4 atom stereocenters. The van der Waals surface area contributed by atoms with Crippen LogP contribution in [-0.2, 0) is 10.5 Å². The fourth-order valence-corrected chi connectivity index (χ4v) is 6.74. The number of hydrazine groups is 1. The minimum absolute atomic E-state index is 0.00397. The van der Waals surface area contributed by atoms with E-state index >= 15 is 0 Å². The smallest absolute Gasteiger partial charge is 0.234 e. The number of hydrogen-bond acceptors (Lipinski definition) is 9. The van der Waals surface area contributed by atoms with Gasteiger partial charge in [-0.2, -0.15) is 5.01 Å². The molecular weight excluding hydrogens is 512 g/mol. The van der Waals surface area contributed by atoms with Crippen LogP contribution in [0.1, 0.15) is 69.2 Å². The van der Waals surface area contributed by atoms with Gasteiger partial charge in [-0.15, -0.1) is 11.3 Å². The Hall–Kier alpha value is -3.08. The Labute approximate surface area is 233 Å². The van der Waals surface area contributed by atoms with E-state index in [9.17, 15) is 9.90 Å². The van der Waals surface area contributed by atoms with E-state index in [-0.39, 0.29) is 24.4 Å². The predicted molar refractivity (Wildman–Crippen MR) is 152 cm³/mol. The lowest BCUT2D eigenvalue weighted by Gasteiger charge is -2.35. The van der Waals surface area contributed by atoms with Crippen molar-refractivity contribution in [3.05, 3.63) is 58.6 Å². The van der Waals surface area contributed by atoms with E-state index in [4.69, 9.17) is 9.52 Å². The summed E-state index contributed by atoms with van der Waals surface area (Å²) in [4.78, 5) is 26.6. The topological polar surface area (TPSA) is 107 Å². The van der Waals surface area contributed by atoms with Crippen LogP contribution >= 0.6 is 11.3 Å². The van der Waals surface area contributed by atoms with Gasteiger partial charge in [-0.25, -0.2) is 9.98 Å². The Morgan fingerprint density at radius 1 is 1.26 bits per heavy atom. The average Bonchev–Trinajstić information content (AvgIpc) is 3.70. The van der Waals surface area contributed by atoms with Crippen molar-refractivity contribution in [3.8, 4) is 10.4 Å². The van der Waals surface area contributed by atoms with Gasteiger partial charge in [0.15, 0.2) is 5.66 Å². The van der Waals surface area contributed by atoms with E-state index in [2.05, 4.69) is 58.7 Å². The molecule has 0 saturated carbocycles. The summed E-state index contributed by atoms with van der Waals surface area (Å²) in [6.07, 6.45) is 0.547. The number of benzene rings is 1. The van der Waals surface area contributed by atoms with Crippen LogP contribution in [-0.4, -0.2) is 62.1 Å². The fourth-order valence-electron chi connectivity index (χ4n) is 5.93. The SMILES string of the molecule is CCN1NC([C@H]2C[C@@H](O)CN2C(=O)C(c2cc(C)no2)C(C)C)=N[C@@]1(CC)c1ccc(-c2scnc2C)cc1. The third-order valence-corrected chi connectivity index (χ3v) is 8.91. The number of aryl methyl sites for hydroxylation is 2. The maximum Gasteiger partial charge on any atom is 0.234 e. The van der Waals surface area contributed by atoms with Crippen molar-refractivity contribution in [3.63, 3.8) is 0 Å². The van der Waals surface area contributed by atoms with Crippen molar-refractivity contribution < 1.29 is 14.4 Å². The number of aliphatic imine (C=N–C) groups is 1. The lowest BCUT2D eigenvalue weighted by Crippen LogP contribution is -2.52. The van der Waals surface area contributed by atoms with Crippen molar-refractivity contribution in [2.75, 3.05) is 13.1 Å². The van der Waals surface area contributed by atoms with Gasteiger partial charge in [-0.3, -0.25) is 4.79 Å². The molecule has 2 N–H and O–H groups in total. The minimum Gasteiger partial charge on any atom is -0.391 e. The summed E-state index contributed by atoms with van der Waals surface area (Å²) in [7, 11) is 0. The summed E-state index contributed by atoms with van der Waals surface area (Å²) in [5.74, 6) is 0.713. The molecule has 0 bridgehead atoms. The van der Waals surface area contributed by atoms with Crippen LogP contribution in [0.2, 0.25) is 0 Å². The number of hydrogen-bond donors (Lipinski definition) is 2. The summed E-state index contributed by atoms with van der Waals surface area (Å²) in [6.45, 7) is 13.1. The van der Waals surface area contributed by atoms with Crippen molar-refractivity contribution in [1.29, 1.82) is 0 Å². The van der Waals surface area contributed by atoms with Crippen LogP contribution in [0.25, 0.3) is 10.4 Å². The summed E-state index contributed by atoms with van der Waals surface area (Å²) in [5, 5.41) is 16.9. The van der Waals surface area contributed by atoms with E-state index in [0.717, 1.165) is 28.9 Å². The zero-order chi connectivity index (χ0) is 27.9. The van der Waals surface area contributed by atoms with E-state index in [1.54, 1.807) is 16.2 Å². The number of β-amino-alcohol motifs (C(OH)–C–C–N with tert-alkyl or cyclic N) is 1. The first kappa shape index (κ1) is 27.5. The van der Waals surface area contributed by atoms with Gasteiger partial charge in [-0.1, -0.05) is 57.1 Å². The number of aliphatic hydroxyl groups excluding tert-OH is 1. The van der Waals surface area contributed by atoms with Crippen molar-refractivity contribution in [2.45, 2.75) is 78.1 Å². The Morgan fingerprint density at radius 3 is 2.56 bits per heavy atom. The van der Waals surface area contributed by atoms with Crippen molar-refractivity contribution >= 4 is 23.1 Å². The van der Waals surface area contributed by atoms with Crippen molar-refractivity contribution in [1.82, 2.24) is 25.5 Å². The number of nitrogens with one attached hydrogen (secondary N) is 1. The molecule has 0 radical (unpaired) electrons. The molecule has 1 fully saturated rings. The Kier molecular flexibility index (Phi) is 7.63. The number of carbonyl (C=O) groups is 1. The maximum atomic E-state index is 14.0. The number of amides is 1. The van der Waals surface area contributed by atoms with Gasteiger partial charge in [0.25, 0.3) is 0 Å². The van der Waals surface area contributed by atoms with E-state index < -0.39 is 17.7 Å². The molecule has 4 heterocycles. The first-order chi connectivity index (χ1) is 18.7. The van der Waals surface area contributed by atoms with Gasteiger partial charge in [0.1, 0.15) is 17.5 Å². The molecule has 9 nitrogen and oxygen atoms in total. The Balaban J connectivity index is 1.48. The maximum absolute atomic E-state index is 14.0. The number of thiazole rings is 1. The molecule has 10 heteroatoms. The van der Waals surface area contributed by atoms with Gasteiger partial charge in [0.05, 0.1) is 33.9 Å². The second kappa shape index (κ2) is 10.8. The highest BCUT2D eigenvalue weighted by atomic mass is 32.1. The summed E-state index contributed by atoms with van der Waals surface area (Å²) < 4.78 is 5.53. The number of amidine groups is 1. The normalized spacial score (nSPS) is 24.3. The van der Waals surface area contributed by atoms with Crippen LogP contribution in [0.3, 0.4) is 0 Å². The van der Waals surface area contributed by atoms with E-state index in [1.165, 1.54) is 4.88 Å². The summed E-state index contributed by atoms with van der Waals surface area (Å²) in [5.41, 5.74) is 8.77. The van der Waals surface area contributed by atoms with E-state index in [0.29, 0.717) is 24.6 Å². The minimum atomic E-state index is -0.624. The molecule has 1 unspecified atom stereocenters. The highest BCUT2D eigenvalue weighted by molar-refractivity contribution is 7.13. The van der Waals surface area contributed by atoms with Gasteiger partial charge in [0.2, 0.25) is 5.91 Å².